The largest absolute Gasteiger partial charge is 0.491 e. The zero-order valence-corrected chi connectivity index (χ0v) is 34.8. The summed E-state index contributed by atoms with van der Waals surface area (Å²) in [5.41, 5.74) is 4.28. The molecule has 0 spiro atoms. The van der Waals surface area contributed by atoms with E-state index in [1.807, 2.05) is 12.2 Å². The third kappa shape index (κ3) is 19.6. The molecule has 0 fully saturated rings. The van der Waals surface area contributed by atoms with Crippen LogP contribution in [0.25, 0.3) is 0 Å². The van der Waals surface area contributed by atoms with Crippen molar-refractivity contribution in [1.82, 2.24) is 0 Å². The molecule has 2 rings (SSSR count). The molecule has 53 heavy (non-hydrogen) atoms. The molecule has 2 aromatic rings. The first kappa shape index (κ1) is 46.6. The van der Waals surface area contributed by atoms with E-state index in [-0.39, 0.29) is 5.41 Å². The second kappa shape index (κ2) is 28.8. The number of allylic oxidation sites excluding steroid dienone is 2. The lowest BCUT2D eigenvalue weighted by atomic mass is 9.76. The number of benzene rings is 2. The molecule has 0 bridgehead atoms. The van der Waals surface area contributed by atoms with Crippen molar-refractivity contribution in [3.63, 3.8) is 0 Å². The first-order valence-corrected chi connectivity index (χ1v) is 21.9. The van der Waals surface area contributed by atoms with Gasteiger partial charge in [-0.1, -0.05) is 193 Å². The van der Waals surface area contributed by atoms with Crippen LogP contribution in [0.5, 0.6) is 11.5 Å². The number of hydrogen-bond donors (Lipinski definition) is 2. The second-order valence-electron chi connectivity index (χ2n) is 16.1. The molecule has 0 radical (unpaired) electrons. The van der Waals surface area contributed by atoms with Gasteiger partial charge >= 0.3 is 0 Å². The smallest absolute Gasteiger partial charge is 0.122 e. The monoisotopic (exact) mass is 733 g/mol. The van der Waals surface area contributed by atoms with E-state index in [2.05, 4.69) is 77.3 Å². The van der Waals surface area contributed by atoms with Crippen LogP contribution in [-0.2, 0) is 18.3 Å². The molecule has 0 aromatic heterocycles. The maximum absolute atomic E-state index is 10.7. The Morgan fingerprint density at radius 1 is 0.528 bits per heavy atom. The summed E-state index contributed by atoms with van der Waals surface area (Å²) in [6, 6.07) is 12.9. The highest BCUT2D eigenvalue weighted by Gasteiger charge is 2.25. The normalized spacial score (nSPS) is 12.8. The van der Waals surface area contributed by atoms with E-state index < -0.39 is 12.2 Å². The Morgan fingerprint density at radius 3 is 1.17 bits per heavy atom. The molecule has 2 unspecified atom stereocenters. The molecule has 0 aliphatic rings. The summed E-state index contributed by atoms with van der Waals surface area (Å²) in [5.74, 6) is 1.64. The summed E-state index contributed by atoms with van der Waals surface area (Å²) in [6.07, 6.45) is 31.7. The standard InChI is InChI=1S/C49H80O4/c1-7-11-13-15-17-19-21-23-25-27-31-45(50)39-52-47-35-33-43(37-41(47)29-9-3)49(5,6)44-34-36-48(42(38-44)30-10-4)53-40-46(51)32-28-26-24-22-20-18-16-14-12-8-2/h9-10,33-38,45-46,50-51H,3-4,7-8,11-32,39-40H2,1-2,5-6H3. The summed E-state index contributed by atoms with van der Waals surface area (Å²) >= 11 is 0. The molecule has 2 N–H and O–H groups in total. The molecule has 2 atom stereocenters. The summed E-state index contributed by atoms with van der Waals surface area (Å²) in [4.78, 5) is 0. The molecule has 4 nitrogen and oxygen atoms in total. The molecule has 0 heterocycles. The van der Waals surface area contributed by atoms with E-state index in [1.165, 1.54) is 127 Å². The van der Waals surface area contributed by atoms with Crippen LogP contribution in [0.1, 0.15) is 191 Å². The lowest BCUT2D eigenvalue weighted by molar-refractivity contribution is 0.0969. The van der Waals surface area contributed by atoms with Gasteiger partial charge in [0.15, 0.2) is 0 Å². The van der Waals surface area contributed by atoms with Crippen molar-refractivity contribution in [2.75, 3.05) is 13.2 Å². The van der Waals surface area contributed by atoms with Gasteiger partial charge in [0.05, 0.1) is 12.2 Å². The Labute approximate surface area is 326 Å². The van der Waals surface area contributed by atoms with E-state index in [0.29, 0.717) is 26.1 Å². The number of rotatable bonds is 34. The van der Waals surface area contributed by atoms with Crippen LogP contribution in [0.15, 0.2) is 61.7 Å². The minimum Gasteiger partial charge on any atom is -0.491 e. The Balaban J connectivity index is 1.88. The predicted molar refractivity (Wildman–Crippen MR) is 229 cm³/mol. The topological polar surface area (TPSA) is 58.9 Å². The van der Waals surface area contributed by atoms with Crippen molar-refractivity contribution in [2.45, 2.75) is 199 Å². The van der Waals surface area contributed by atoms with Crippen molar-refractivity contribution in [3.8, 4) is 11.5 Å². The molecule has 0 aliphatic heterocycles. The first-order chi connectivity index (χ1) is 25.8. The highest BCUT2D eigenvalue weighted by Crippen LogP contribution is 2.37. The highest BCUT2D eigenvalue weighted by molar-refractivity contribution is 5.48. The van der Waals surface area contributed by atoms with E-state index in [9.17, 15) is 10.2 Å². The fourth-order valence-electron chi connectivity index (χ4n) is 7.29. The van der Waals surface area contributed by atoms with Crippen LogP contribution in [0, 0.1) is 0 Å². The lowest BCUT2D eigenvalue weighted by Gasteiger charge is -2.28. The minimum atomic E-state index is -0.457. The Bertz CT molecular complexity index is 1140. The van der Waals surface area contributed by atoms with Crippen LogP contribution in [0.3, 0.4) is 0 Å². The van der Waals surface area contributed by atoms with Crippen LogP contribution in [-0.4, -0.2) is 35.6 Å². The molecule has 0 amide bonds. The van der Waals surface area contributed by atoms with Gasteiger partial charge in [-0.25, -0.2) is 0 Å². The molecule has 300 valence electrons. The number of unbranched alkanes of at least 4 members (excludes halogenated alkanes) is 18. The Hall–Kier alpha value is -2.56. The van der Waals surface area contributed by atoms with E-state index in [0.717, 1.165) is 48.3 Å². The van der Waals surface area contributed by atoms with Crippen molar-refractivity contribution >= 4 is 0 Å². The van der Waals surface area contributed by atoms with Gasteiger partial charge in [0.1, 0.15) is 24.7 Å². The molecule has 0 saturated heterocycles. The van der Waals surface area contributed by atoms with Crippen molar-refractivity contribution in [2.24, 2.45) is 0 Å². The third-order valence-electron chi connectivity index (χ3n) is 10.9. The minimum absolute atomic E-state index is 0.271. The second-order valence-corrected chi connectivity index (χ2v) is 16.1. The lowest BCUT2D eigenvalue weighted by Crippen LogP contribution is -2.21. The average molecular weight is 733 g/mol. The van der Waals surface area contributed by atoms with Crippen LogP contribution < -0.4 is 9.47 Å². The van der Waals surface area contributed by atoms with Gasteiger partial charge < -0.3 is 19.7 Å². The maximum Gasteiger partial charge on any atom is 0.122 e. The fraction of sp³-hybridized carbons (Fsp3) is 0.673. The van der Waals surface area contributed by atoms with Gasteiger partial charge in [0.25, 0.3) is 0 Å². The Kier molecular flexibility index (Phi) is 25.3. The molecule has 4 heteroatoms. The maximum atomic E-state index is 10.7. The fourth-order valence-corrected chi connectivity index (χ4v) is 7.29. The van der Waals surface area contributed by atoms with E-state index in [1.54, 1.807) is 0 Å². The summed E-state index contributed by atoms with van der Waals surface area (Å²) in [7, 11) is 0. The number of ether oxygens (including phenoxy) is 2. The molecule has 2 aromatic carbocycles. The average Bonchev–Trinajstić information content (AvgIpc) is 3.15. The summed E-state index contributed by atoms with van der Waals surface area (Å²) in [5, 5.41) is 21.3. The van der Waals surface area contributed by atoms with Gasteiger partial charge in [-0.2, -0.15) is 0 Å². The summed E-state index contributed by atoms with van der Waals surface area (Å²) < 4.78 is 12.4. The van der Waals surface area contributed by atoms with Gasteiger partial charge in [-0.15, -0.1) is 13.2 Å². The predicted octanol–water partition coefficient (Wildman–Crippen LogP) is 13.6. The molecule has 0 saturated carbocycles. The first-order valence-electron chi connectivity index (χ1n) is 21.9. The molecular weight excluding hydrogens is 653 g/mol. The van der Waals surface area contributed by atoms with Crippen LogP contribution >= 0.6 is 0 Å². The summed E-state index contributed by atoms with van der Waals surface area (Å²) in [6.45, 7) is 17.7. The van der Waals surface area contributed by atoms with Gasteiger partial charge in [-0.3, -0.25) is 0 Å². The third-order valence-corrected chi connectivity index (χ3v) is 10.9. The number of aliphatic hydroxyl groups is 2. The highest BCUT2D eigenvalue weighted by atomic mass is 16.5. The zero-order valence-electron chi connectivity index (χ0n) is 34.8. The van der Waals surface area contributed by atoms with Crippen molar-refractivity contribution < 1.29 is 19.7 Å². The van der Waals surface area contributed by atoms with Crippen LogP contribution in [0.2, 0.25) is 0 Å². The van der Waals surface area contributed by atoms with E-state index >= 15 is 0 Å². The van der Waals surface area contributed by atoms with Crippen LogP contribution in [0.4, 0.5) is 0 Å². The molecular formula is C49H80O4. The van der Waals surface area contributed by atoms with Gasteiger partial charge in [0, 0.05) is 5.41 Å². The number of aliphatic hydroxyl groups excluding tert-OH is 2. The number of hydrogen-bond acceptors (Lipinski definition) is 4. The quantitative estimate of drug-likeness (QED) is 0.0556. The van der Waals surface area contributed by atoms with Gasteiger partial charge in [0.2, 0.25) is 0 Å². The van der Waals surface area contributed by atoms with Gasteiger partial charge in [-0.05, 0) is 60.1 Å². The Morgan fingerprint density at radius 2 is 0.849 bits per heavy atom. The molecule has 0 aliphatic carbocycles. The van der Waals surface area contributed by atoms with Crippen molar-refractivity contribution in [3.05, 3.63) is 84.0 Å². The zero-order chi connectivity index (χ0) is 38.6. The SMILES string of the molecule is C=CCc1cc(C(C)(C)c2ccc(OCC(O)CCCCCCCCCCCC)c(CC=C)c2)ccc1OCC(O)CCCCCCCCCCCC. The van der Waals surface area contributed by atoms with E-state index in [4.69, 9.17) is 9.47 Å². The van der Waals surface area contributed by atoms with Crippen molar-refractivity contribution in [1.29, 1.82) is 0 Å².